The molecule has 1 aliphatic rings. The molecule has 0 unspecified atom stereocenters. The number of benzene rings is 2. The number of hydrogen-bond donors (Lipinski definition) is 1. The first kappa shape index (κ1) is 23.2. The lowest BCUT2D eigenvalue weighted by molar-refractivity contribution is 0.102. The topological polar surface area (TPSA) is 79.0 Å². The third kappa shape index (κ3) is 5.08. The standard InChI is InChI=1S/C23H31N3O4S/c1-5-26(6-2)31(28,29)19-8-10-22(25-11-13-30-14-12-25)20(16-19)23(27)24-21-9-7-17(3)15-18(21)4/h7-10,15-16H,5-6,11-14H2,1-4H3,(H,24,27). The second-order valence-corrected chi connectivity index (χ2v) is 9.58. The van der Waals surface area contributed by atoms with Crippen molar-refractivity contribution in [1.29, 1.82) is 0 Å². The molecule has 1 amide bonds. The molecule has 0 radical (unpaired) electrons. The number of carbonyl (C=O) groups is 1. The average molecular weight is 446 g/mol. The van der Waals surface area contributed by atoms with Gasteiger partial charge in [-0.2, -0.15) is 4.31 Å². The summed E-state index contributed by atoms with van der Waals surface area (Å²) in [4.78, 5) is 15.5. The van der Waals surface area contributed by atoms with Gasteiger partial charge in [0.1, 0.15) is 0 Å². The van der Waals surface area contributed by atoms with E-state index < -0.39 is 10.0 Å². The molecule has 0 saturated carbocycles. The number of amides is 1. The first-order valence-electron chi connectivity index (χ1n) is 10.6. The van der Waals surface area contributed by atoms with E-state index >= 15 is 0 Å². The molecule has 2 aromatic rings. The Hall–Kier alpha value is -2.42. The van der Waals surface area contributed by atoms with E-state index in [1.54, 1.807) is 26.0 Å². The second-order valence-electron chi connectivity index (χ2n) is 7.64. The number of carbonyl (C=O) groups excluding carboxylic acids is 1. The van der Waals surface area contributed by atoms with Gasteiger partial charge in [0.05, 0.1) is 23.7 Å². The Kier molecular flexibility index (Phi) is 7.35. The Morgan fingerprint density at radius 2 is 1.74 bits per heavy atom. The first-order valence-corrected chi connectivity index (χ1v) is 12.1. The van der Waals surface area contributed by atoms with Gasteiger partial charge in [-0.3, -0.25) is 4.79 Å². The SMILES string of the molecule is CCN(CC)S(=O)(=O)c1ccc(N2CCOCC2)c(C(=O)Nc2ccc(C)cc2C)c1. The minimum absolute atomic E-state index is 0.124. The molecule has 0 atom stereocenters. The molecule has 0 aliphatic carbocycles. The Morgan fingerprint density at radius 1 is 1.06 bits per heavy atom. The molecule has 0 aromatic heterocycles. The van der Waals surface area contributed by atoms with Crippen LogP contribution in [0.25, 0.3) is 0 Å². The lowest BCUT2D eigenvalue weighted by Crippen LogP contribution is -2.37. The van der Waals surface area contributed by atoms with Crippen LogP contribution in [0.3, 0.4) is 0 Å². The fraction of sp³-hybridized carbons (Fsp3) is 0.435. The van der Waals surface area contributed by atoms with Crippen molar-refractivity contribution in [3.05, 3.63) is 53.1 Å². The first-order chi connectivity index (χ1) is 14.8. The molecule has 1 heterocycles. The number of anilines is 2. The molecule has 3 rings (SSSR count). The highest BCUT2D eigenvalue weighted by Crippen LogP contribution is 2.28. The molecule has 1 N–H and O–H groups in total. The summed E-state index contributed by atoms with van der Waals surface area (Å²) in [6, 6.07) is 10.6. The van der Waals surface area contributed by atoms with E-state index in [2.05, 4.69) is 10.2 Å². The molecule has 8 heteroatoms. The Balaban J connectivity index is 2.04. The molecule has 0 spiro atoms. The van der Waals surface area contributed by atoms with Crippen LogP contribution >= 0.6 is 0 Å². The molecule has 168 valence electrons. The van der Waals surface area contributed by atoms with E-state index in [-0.39, 0.29) is 10.8 Å². The summed E-state index contributed by atoms with van der Waals surface area (Å²) in [5, 5.41) is 2.96. The van der Waals surface area contributed by atoms with E-state index in [0.29, 0.717) is 56.3 Å². The van der Waals surface area contributed by atoms with E-state index in [1.807, 2.05) is 32.0 Å². The second kappa shape index (κ2) is 9.80. The quantitative estimate of drug-likeness (QED) is 0.707. The average Bonchev–Trinajstić information content (AvgIpc) is 2.76. The highest BCUT2D eigenvalue weighted by Gasteiger charge is 2.26. The molecule has 1 aliphatic heterocycles. The van der Waals surface area contributed by atoms with E-state index in [0.717, 1.165) is 11.1 Å². The van der Waals surface area contributed by atoms with Crippen LogP contribution in [0.2, 0.25) is 0 Å². The summed E-state index contributed by atoms with van der Waals surface area (Å²) in [7, 11) is -3.68. The molecule has 0 bridgehead atoms. The van der Waals surface area contributed by atoms with Crippen molar-refractivity contribution in [2.45, 2.75) is 32.6 Å². The number of nitrogens with zero attached hydrogens (tertiary/aromatic N) is 2. The van der Waals surface area contributed by atoms with Crippen LogP contribution in [0.15, 0.2) is 41.3 Å². The van der Waals surface area contributed by atoms with Crippen molar-refractivity contribution in [3.8, 4) is 0 Å². The fourth-order valence-corrected chi connectivity index (χ4v) is 5.28. The fourth-order valence-electron chi connectivity index (χ4n) is 3.79. The van der Waals surface area contributed by atoms with Gasteiger partial charge in [-0.05, 0) is 43.7 Å². The number of sulfonamides is 1. The van der Waals surface area contributed by atoms with Crippen molar-refractivity contribution >= 4 is 27.3 Å². The Labute approximate surface area is 185 Å². The van der Waals surface area contributed by atoms with Crippen LogP contribution in [0.4, 0.5) is 11.4 Å². The number of hydrogen-bond acceptors (Lipinski definition) is 5. The predicted molar refractivity (Wildman–Crippen MR) is 123 cm³/mol. The summed E-state index contributed by atoms with van der Waals surface area (Å²) >= 11 is 0. The van der Waals surface area contributed by atoms with Gasteiger partial charge >= 0.3 is 0 Å². The Morgan fingerprint density at radius 3 is 2.35 bits per heavy atom. The third-order valence-electron chi connectivity index (χ3n) is 5.54. The smallest absolute Gasteiger partial charge is 0.257 e. The maximum atomic E-state index is 13.3. The zero-order chi connectivity index (χ0) is 22.6. The number of ether oxygens (including phenoxy) is 1. The number of aryl methyl sites for hydroxylation is 2. The van der Waals surface area contributed by atoms with Gasteiger partial charge in [0.2, 0.25) is 10.0 Å². The summed E-state index contributed by atoms with van der Waals surface area (Å²) in [6.07, 6.45) is 0. The number of nitrogens with one attached hydrogen (secondary N) is 1. The van der Waals surface area contributed by atoms with E-state index in [9.17, 15) is 13.2 Å². The largest absolute Gasteiger partial charge is 0.378 e. The van der Waals surface area contributed by atoms with Gasteiger partial charge in [0.25, 0.3) is 5.91 Å². The van der Waals surface area contributed by atoms with Crippen LogP contribution in [0.1, 0.15) is 35.3 Å². The van der Waals surface area contributed by atoms with Crippen molar-refractivity contribution in [1.82, 2.24) is 4.31 Å². The van der Waals surface area contributed by atoms with Gasteiger partial charge in [0.15, 0.2) is 0 Å². The zero-order valence-electron chi connectivity index (χ0n) is 18.6. The highest BCUT2D eigenvalue weighted by molar-refractivity contribution is 7.89. The van der Waals surface area contributed by atoms with E-state index in [1.165, 1.54) is 10.4 Å². The summed E-state index contributed by atoms with van der Waals surface area (Å²) in [5.74, 6) is -0.329. The summed E-state index contributed by atoms with van der Waals surface area (Å²) in [6.45, 7) is 10.7. The van der Waals surface area contributed by atoms with Crippen LogP contribution in [0.5, 0.6) is 0 Å². The zero-order valence-corrected chi connectivity index (χ0v) is 19.5. The normalized spacial score (nSPS) is 14.7. The molecular formula is C23H31N3O4S. The predicted octanol–water partition coefficient (Wildman–Crippen LogP) is 3.42. The molecule has 7 nitrogen and oxygen atoms in total. The number of morpholine rings is 1. The van der Waals surface area contributed by atoms with Crippen molar-refractivity contribution in [2.24, 2.45) is 0 Å². The Bertz CT molecular complexity index is 1040. The maximum Gasteiger partial charge on any atom is 0.257 e. The molecule has 31 heavy (non-hydrogen) atoms. The molecule has 1 fully saturated rings. The van der Waals surface area contributed by atoms with Crippen molar-refractivity contribution < 1.29 is 17.9 Å². The minimum Gasteiger partial charge on any atom is -0.378 e. The highest BCUT2D eigenvalue weighted by atomic mass is 32.2. The van der Waals surface area contributed by atoms with Crippen LogP contribution in [-0.2, 0) is 14.8 Å². The lowest BCUT2D eigenvalue weighted by Gasteiger charge is -2.31. The van der Waals surface area contributed by atoms with Crippen molar-refractivity contribution in [2.75, 3.05) is 49.6 Å². The lowest BCUT2D eigenvalue weighted by atomic mass is 10.1. The van der Waals surface area contributed by atoms with Crippen LogP contribution < -0.4 is 10.2 Å². The minimum atomic E-state index is -3.68. The van der Waals surface area contributed by atoms with Gasteiger partial charge in [-0.15, -0.1) is 0 Å². The monoisotopic (exact) mass is 445 g/mol. The van der Waals surface area contributed by atoms with E-state index in [4.69, 9.17) is 4.74 Å². The third-order valence-corrected chi connectivity index (χ3v) is 7.58. The van der Waals surface area contributed by atoms with Crippen LogP contribution in [-0.4, -0.2) is 58.0 Å². The molecule has 2 aromatic carbocycles. The summed E-state index contributed by atoms with van der Waals surface area (Å²) < 4.78 is 33.0. The van der Waals surface area contributed by atoms with Crippen molar-refractivity contribution in [3.63, 3.8) is 0 Å². The van der Waals surface area contributed by atoms with Crippen LogP contribution in [0, 0.1) is 13.8 Å². The maximum absolute atomic E-state index is 13.3. The summed E-state index contributed by atoms with van der Waals surface area (Å²) in [5.41, 5.74) is 3.82. The van der Waals surface area contributed by atoms with Gasteiger partial charge in [0, 0.05) is 37.6 Å². The molecular weight excluding hydrogens is 414 g/mol. The number of rotatable bonds is 7. The van der Waals surface area contributed by atoms with Gasteiger partial charge in [-0.25, -0.2) is 8.42 Å². The molecule has 1 saturated heterocycles. The van der Waals surface area contributed by atoms with Gasteiger partial charge < -0.3 is 15.0 Å². The van der Waals surface area contributed by atoms with Gasteiger partial charge in [-0.1, -0.05) is 31.5 Å².